The lowest BCUT2D eigenvalue weighted by Gasteiger charge is -2.07. The Labute approximate surface area is 118 Å². The molecule has 1 aliphatic heterocycles. The van der Waals surface area contributed by atoms with Gasteiger partial charge in [-0.25, -0.2) is 0 Å². The smallest absolute Gasteiger partial charge is 0.309 e. The third-order valence-electron chi connectivity index (χ3n) is 3.90. The highest BCUT2D eigenvalue weighted by Gasteiger charge is 2.25. The number of fused-ring (bicyclic) bond motifs is 1. The van der Waals surface area contributed by atoms with Crippen LogP contribution < -0.4 is 5.32 Å². The largest absolute Gasteiger partial charge is 0.465 e. The highest BCUT2D eigenvalue weighted by Crippen LogP contribution is 2.19. The molecule has 0 aliphatic carbocycles. The predicted molar refractivity (Wildman–Crippen MR) is 78.3 cm³/mol. The van der Waals surface area contributed by atoms with E-state index in [1.54, 1.807) is 0 Å². The fourth-order valence-corrected chi connectivity index (χ4v) is 2.71. The lowest BCUT2D eigenvalue weighted by molar-refractivity contribution is -0.141. The first-order valence-electron chi connectivity index (χ1n) is 7.26. The van der Waals surface area contributed by atoms with Crippen LogP contribution in [-0.2, 0) is 16.1 Å². The summed E-state index contributed by atoms with van der Waals surface area (Å²) in [5.41, 5.74) is 2.46. The molecule has 0 radical (unpaired) electrons. The van der Waals surface area contributed by atoms with E-state index >= 15 is 0 Å². The summed E-state index contributed by atoms with van der Waals surface area (Å²) in [6.45, 7) is 2.41. The van der Waals surface area contributed by atoms with Gasteiger partial charge in [-0.2, -0.15) is 0 Å². The molecule has 106 valence electrons. The molecule has 0 bridgehead atoms. The second-order valence-electron chi connectivity index (χ2n) is 5.37. The topological polar surface area (TPSA) is 54.1 Å². The Morgan fingerprint density at radius 3 is 3.15 bits per heavy atom. The number of hydrogen-bond acceptors (Lipinski definition) is 3. The van der Waals surface area contributed by atoms with Crippen molar-refractivity contribution in [3.05, 3.63) is 36.0 Å². The Morgan fingerprint density at radius 1 is 1.35 bits per heavy atom. The molecule has 0 amide bonds. The fraction of sp³-hybridized carbons (Fsp3) is 0.438. The fourth-order valence-electron chi connectivity index (χ4n) is 2.71. The van der Waals surface area contributed by atoms with Gasteiger partial charge in [-0.3, -0.25) is 4.79 Å². The van der Waals surface area contributed by atoms with Gasteiger partial charge in [0.25, 0.3) is 0 Å². The van der Waals surface area contributed by atoms with E-state index in [-0.39, 0.29) is 11.9 Å². The zero-order valence-corrected chi connectivity index (χ0v) is 11.5. The number of carbonyl (C=O) groups is 1. The van der Waals surface area contributed by atoms with Gasteiger partial charge in [-0.1, -0.05) is 12.1 Å². The Kier molecular flexibility index (Phi) is 4.02. The molecule has 1 aromatic carbocycles. The summed E-state index contributed by atoms with van der Waals surface area (Å²) in [4.78, 5) is 14.5. The van der Waals surface area contributed by atoms with Crippen LogP contribution in [0.2, 0.25) is 0 Å². The van der Waals surface area contributed by atoms with Crippen molar-refractivity contribution in [1.82, 2.24) is 10.3 Å². The van der Waals surface area contributed by atoms with E-state index in [2.05, 4.69) is 34.6 Å². The summed E-state index contributed by atoms with van der Waals surface area (Å²) in [6, 6.07) is 8.54. The maximum atomic E-state index is 11.3. The third-order valence-corrected chi connectivity index (χ3v) is 3.90. The first-order chi connectivity index (χ1) is 9.83. The van der Waals surface area contributed by atoms with E-state index in [9.17, 15) is 4.79 Å². The molecular weight excluding hydrogens is 252 g/mol. The van der Waals surface area contributed by atoms with Gasteiger partial charge in [0, 0.05) is 18.3 Å². The average molecular weight is 272 g/mol. The maximum absolute atomic E-state index is 11.3. The van der Waals surface area contributed by atoms with Gasteiger partial charge in [0.15, 0.2) is 0 Å². The van der Waals surface area contributed by atoms with Crippen molar-refractivity contribution in [1.29, 1.82) is 0 Å². The maximum Gasteiger partial charge on any atom is 0.309 e. The van der Waals surface area contributed by atoms with Crippen LogP contribution in [0.3, 0.4) is 0 Å². The van der Waals surface area contributed by atoms with Gasteiger partial charge in [0.1, 0.15) is 0 Å². The second kappa shape index (κ2) is 6.09. The number of aromatic nitrogens is 1. The SMILES string of the molecule is O=C1OCCC1CCCNCc1ccc2cc[nH]c2c1. The molecule has 4 nitrogen and oxygen atoms in total. The molecule has 2 heterocycles. The van der Waals surface area contributed by atoms with E-state index < -0.39 is 0 Å². The van der Waals surface area contributed by atoms with E-state index in [0.717, 1.165) is 32.4 Å². The Hall–Kier alpha value is -1.81. The molecule has 1 aromatic heterocycles. The second-order valence-corrected chi connectivity index (χ2v) is 5.37. The van der Waals surface area contributed by atoms with Gasteiger partial charge < -0.3 is 15.0 Å². The van der Waals surface area contributed by atoms with Crippen molar-refractivity contribution in [2.24, 2.45) is 5.92 Å². The van der Waals surface area contributed by atoms with Gasteiger partial charge in [0.05, 0.1) is 12.5 Å². The number of ether oxygens (including phenoxy) is 1. The Balaban J connectivity index is 1.40. The zero-order valence-electron chi connectivity index (χ0n) is 11.5. The van der Waals surface area contributed by atoms with E-state index in [4.69, 9.17) is 4.74 Å². The molecule has 20 heavy (non-hydrogen) atoms. The van der Waals surface area contributed by atoms with Gasteiger partial charge in [0.2, 0.25) is 0 Å². The number of hydrogen-bond donors (Lipinski definition) is 2. The Bertz CT molecular complexity index is 591. The van der Waals surface area contributed by atoms with Crippen LogP contribution in [0.5, 0.6) is 0 Å². The summed E-state index contributed by atoms with van der Waals surface area (Å²) in [5.74, 6) is 0.120. The molecule has 4 heteroatoms. The lowest BCUT2D eigenvalue weighted by atomic mass is 10.0. The number of aromatic amines is 1. The summed E-state index contributed by atoms with van der Waals surface area (Å²) in [7, 11) is 0. The van der Waals surface area contributed by atoms with Crippen LogP contribution in [-0.4, -0.2) is 24.1 Å². The summed E-state index contributed by atoms with van der Waals surface area (Å²) in [5, 5.41) is 4.68. The van der Waals surface area contributed by atoms with Gasteiger partial charge in [-0.05, 0) is 48.9 Å². The molecule has 1 fully saturated rings. The molecule has 0 spiro atoms. The van der Waals surface area contributed by atoms with Crippen LogP contribution in [0.25, 0.3) is 10.9 Å². The normalized spacial score (nSPS) is 18.6. The average Bonchev–Trinajstić information content (AvgIpc) is 3.07. The first-order valence-corrected chi connectivity index (χ1v) is 7.26. The van der Waals surface area contributed by atoms with E-state index in [1.807, 2.05) is 6.20 Å². The quantitative estimate of drug-likeness (QED) is 0.628. The van der Waals surface area contributed by atoms with Crippen LogP contribution in [0.1, 0.15) is 24.8 Å². The van der Waals surface area contributed by atoms with Crippen molar-refractivity contribution >= 4 is 16.9 Å². The van der Waals surface area contributed by atoms with Crippen LogP contribution >= 0.6 is 0 Å². The van der Waals surface area contributed by atoms with Gasteiger partial charge >= 0.3 is 5.97 Å². The minimum Gasteiger partial charge on any atom is -0.465 e. The molecular formula is C16H20N2O2. The molecule has 1 aliphatic rings. The summed E-state index contributed by atoms with van der Waals surface area (Å²) in [6.07, 6.45) is 4.80. The molecule has 3 rings (SSSR count). The van der Waals surface area contributed by atoms with Crippen molar-refractivity contribution in [3.8, 4) is 0 Å². The van der Waals surface area contributed by atoms with Crippen LogP contribution in [0.4, 0.5) is 0 Å². The minimum absolute atomic E-state index is 0.0119. The van der Waals surface area contributed by atoms with Crippen molar-refractivity contribution in [2.45, 2.75) is 25.8 Å². The van der Waals surface area contributed by atoms with E-state index in [1.165, 1.54) is 16.5 Å². The molecule has 2 aromatic rings. The molecule has 1 saturated heterocycles. The molecule has 0 saturated carbocycles. The standard InChI is InChI=1S/C16H20N2O2/c19-16-14(6-9-20-16)2-1-7-17-11-12-3-4-13-5-8-18-15(13)10-12/h3-5,8,10,14,17-18H,1-2,6-7,9,11H2. The number of esters is 1. The number of carbonyl (C=O) groups excluding carboxylic acids is 1. The highest BCUT2D eigenvalue weighted by molar-refractivity contribution is 5.79. The Morgan fingerprint density at radius 2 is 2.30 bits per heavy atom. The monoisotopic (exact) mass is 272 g/mol. The van der Waals surface area contributed by atoms with Crippen LogP contribution in [0, 0.1) is 5.92 Å². The molecule has 1 atom stereocenters. The number of rotatable bonds is 6. The number of H-pyrrole nitrogens is 1. The van der Waals surface area contributed by atoms with E-state index in [0.29, 0.717) is 6.61 Å². The number of benzene rings is 1. The zero-order chi connectivity index (χ0) is 13.8. The number of nitrogens with one attached hydrogen (secondary N) is 2. The van der Waals surface area contributed by atoms with Crippen LogP contribution in [0.15, 0.2) is 30.5 Å². The minimum atomic E-state index is -0.0119. The highest BCUT2D eigenvalue weighted by atomic mass is 16.5. The third kappa shape index (κ3) is 3.02. The molecule has 1 unspecified atom stereocenters. The van der Waals surface area contributed by atoms with Crippen molar-refractivity contribution < 1.29 is 9.53 Å². The lowest BCUT2D eigenvalue weighted by Crippen LogP contribution is -2.17. The van der Waals surface area contributed by atoms with Crippen molar-refractivity contribution in [2.75, 3.05) is 13.2 Å². The first kappa shape index (κ1) is 13.2. The van der Waals surface area contributed by atoms with Gasteiger partial charge in [-0.15, -0.1) is 0 Å². The molecule has 2 N–H and O–H groups in total. The number of cyclic esters (lactones) is 1. The predicted octanol–water partition coefficient (Wildman–Crippen LogP) is 2.60. The summed E-state index contributed by atoms with van der Waals surface area (Å²) >= 11 is 0. The van der Waals surface area contributed by atoms with Crippen molar-refractivity contribution in [3.63, 3.8) is 0 Å². The summed E-state index contributed by atoms with van der Waals surface area (Å²) < 4.78 is 4.96.